The summed E-state index contributed by atoms with van der Waals surface area (Å²) in [7, 11) is 0. The normalized spacial score (nSPS) is 13.2. The zero-order valence-corrected chi connectivity index (χ0v) is 15.7. The van der Waals surface area contributed by atoms with Crippen LogP contribution in [0.5, 0.6) is 5.75 Å². The Labute approximate surface area is 163 Å². The van der Waals surface area contributed by atoms with Gasteiger partial charge in [0.2, 0.25) is 5.91 Å². The molecule has 0 saturated heterocycles. The van der Waals surface area contributed by atoms with Crippen LogP contribution in [0.4, 0.5) is 5.69 Å². The molecule has 0 aliphatic carbocycles. The third-order valence-electron chi connectivity index (χ3n) is 4.32. The Morgan fingerprint density at radius 2 is 1.89 bits per heavy atom. The van der Waals surface area contributed by atoms with E-state index < -0.39 is 12.2 Å². The molecule has 5 N–H and O–H groups in total. The van der Waals surface area contributed by atoms with Crippen molar-refractivity contribution in [1.29, 1.82) is 0 Å². The number of ether oxygens (including phenoxy) is 1. The predicted octanol–water partition coefficient (Wildman–Crippen LogP) is 2.19. The number of anilines is 1. The van der Waals surface area contributed by atoms with E-state index in [-0.39, 0.29) is 12.5 Å². The fourth-order valence-electron chi connectivity index (χ4n) is 2.99. The number of aliphatic hydroxyl groups is 2. The monoisotopic (exact) mass is 383 g/mol. The molecule has 1 amide bonds. The van der Waals surface area contributed by atoms with Crippen molar-refractivity contribution < 1.29 is 19.7 Å². The maximum absolute atomic E-state index is 11.0. The van der Waals surface area contributed by atoms with Gasteiger partial charge in [0.05, 0.1) is 6.10 Å². The molecular weight excluding hydrogens is 358 g/mol. The highest BCUT2D eigenvalue weighted by Crippen LogP contribution is 2.23. The summed E-state index contributed by atoms with van der Waals surface area (Å²) in [6.45, 7) is 2.19. The van der Waals surface area contributed by atoms with Crippen LogP contribution in [0, 0.1) is 0 Å². The summed E-state index contributed by atoms with van der Waals surface area (Å²) < 4.78 is 5.55. The Balaban J connectivity index is 1.41. The Morgan fingerprint density at radius 1 is 1.11 bits per heavy atom. The number of benzene rings is 2. The Bertz CT molecular complexity index is 907. The number of nitrogens with one attached hydrogen (secondary N) is 3. The van der Waals surface area contributed by atoms with E-state index in [1.165, 1.54) is 6.92 Å². The van der Waals surface area contributed by atoms with Gasteiger partial charge in [-0.3, -0.25) is 4.79 Å². The SMILES string of the molecule is CC(=O)Nc1ccc(OCC(O)CNCC(O)c2cccc3[nH]ccc23)cc1. The molecule has 1 heterocycles. The van der Waals surface area contributed by atoms with Crippen LogP contribution in [-0.4, -0.2) is 46.9 Å². The number of aliphatic hydroxyl groups excluding tert-OH is 2. The molecule has 148 valence electrons. The molecule has 3 aromatic rings. The van der Waals surface area contributed by atoms with Gasteiger partial charge >= 0.3 is 0 Å². The highest BCUT2D eigenvalue weighted by atomic mass is 16.5. The number of carbonyl (C=O) groups is 1. The molecule has 7 heteroatoms. The predicted molar refractivity (Wildman–Crippen MR) is 108 cm³/mol. The van der Waals surface area contributed by atoms with Gasteiger partial charge in [0.1, 0.15) is 18.5 Å². The molecule has 0 saturated carbocycles. The molecule has 2 aromatic carbocycles. The second-order valence-electron chi connectivity index (χ2n) is 6.63. The molecule has 0 fully saturated rings. The number of carbonyl (C=O) groups excluding carboxylic acids is 1. The third kappa shape index (κ3) is 5.32. The lowest BCUT2D eigenvalue weighted by atomic mass is 10.0. The summed E-state index contributed by atoms with van der Waals surface area (Å²) in [4.78, 5) is 14.1. The Hall–Kier alpha value is -2.87. The van der Waals surface area contributed by atoms with E-state index in [1.807, 2.05) is 30.5 Å². The number of hydrogen-bond acceptors (Lipinski definition) is 5. The van der Waals surface area contributed by atoms with Gasteiger partial charge in [-0.15, -0.1) is 0 Å². The van der Waals surface area contributed by atoms with Gasteiger partial charge in [0.15, 0.2) is 0 Å². The summed E-state index contributed by atoms with van der Waals surface area (Å²) >= 11 is 0. The average Bonchev–Trinajstić information content (AvgIpc) is 3.15. The first-order chi connectivity index (χ1) is 13.5. The lowest BCUT2D eigenvalue weighted by Crippen LogP contribution is -2.33. The van der Waals surface area contributed by atoms with E-state index >= 15 is 0 Å². The van der Waals surface area contributed by atoms with Crippen molar-refractivity contribution in [2.24, 2.45) is 0 Å². The van der Waals surface area contributed by atoms with Crippen LogP contribution in [0.3, 0.4) is 0 Å². The molecule has 1 aromatic heterocycles. The first kappa shape index (κ1) is 19.9. The van der Waals surface area contributed by atoms with Crippen LogP contribution in [0.25, 0.3) is 10.9 Å². The van der Waals surface area contributed by atoms with E-state index in [9.17, 15) is 15.0 Å². The molecule has 0 aliphatic rings. The smallest absolute Gasteiger partial charge is 0.221 e. The van der Waals surface area contributed by atoms with Crippen LogP contribution in [-0.2, 0) is 4.79 Å². The van der Waals surface area contributed by atoms with Crippen LogP contribution < -0.4 is 15.4 Å². The summed E-state index contributed by atoms with van der Waals surface area (Å²) in [6.07, 6.45) is 0.456. The highest BCUT2D eigenvalue weighted by molar-refractivity contribution is 5.88. The minimum atomic E-state index is -0.717. The van der Waals surface area contributed by atoms with Gasteiger partial charge < -0.3 is 30.6 Å². The molecule has 0 bridgehead atoms. The number of H-pyrrole nitrogens is 1. The summed E-state index contributed by atoms with van der Waals surface area (Å²) in [5.74, 6) is 0.470. The number of amides is 1. The Morgan fingerprint density at radius 3 is 2.64 bits per heavy atom. The Kier molecular flexibility index (Phi) is 6.65. The first-order valence-corrected chi connectivity index (χ1v) is 9.16. The minimum absolute atomic E-state index is 0.121. The number of hydrogen-bond donors (Lipinski definition) is 5. The molecule has 28 heavy (non-hydrogen) atoms. The van der Waals surface area contributed by atoms with E-state index in [0.29, 0.717) is 24.5 Å². The first-order valence-electron chi connectivity index (χ1n) is 9.16. The number of aromatic nitrogens is 1. The summed E-state index contributed by atoms with van der Waals surface area (Å²) in [5, 5.41) is 27.2. The zero-order valence-electron chi connectivity index (χ0n) is 15.7. The largest absolute Gasteiger partial charge is 0.491 e. The maximum Gasteiger partial charge on any atom is 0.221 e. The van der Waals surface area contributed by atoms with E-state index in [2.05, 4.69) is 15.6 Å². The lowest BCUT2D eigenvalue weighted by molar-refractivity contribution is -0.114. The second kappa shape index (κ2) is 9.36. The average molecular weight is 383 g/mol. The van der Waals surface area contributed by atoms with Gasteiger partial charge in [-0.25, -0.2) is 0 Å². The highest BCUT2D eigenvalue weighted by Gasteiger charge is 2.12. The molecular formula is C21H25N3O4. The van der Waals surface area contributed by atoms with Crippen molar-refractivity contribution >= 4 is 22.5 Å². The van der Waals surface area contributed by atoms with Crippen LogP contribution >= 0.6 is 0 Å². The van der Waals surface area contributed by atoms with Gasteiger partial charge in [-0.05, 0) is 42.0 Å². The molecule has 2 atom stereocenters. The molecule has 3 rings (SSSR count). The molecule has 7 nitrogen and oxygen atoms in total. The van der Waals surface area contributed by atoms with Crippen molar-refractivity contribution in [3.05, 3.63) is 60.3 Å². The maximum atomic E-state index is 11.0. The van der Waals surface area contributed by atoms with Gasteiger partial charge in [-0.2, -0.15) is 0 Å². The van der Waals surface area contributed by atoms with Crippen LogP contribution in [0.1, 0.15) is 18.6 Å². The third-order valence-corrected chi connectivity index (χ3v) is 4.32. The zero-order chi connectivity index (χ0) is 19.9. The minimum Gasteiger partial charge on any atom is -0.491 e. The van der Waals surface area contributed by atoms with E-state index in [0.717, 1.165) is 16.5 Å². The van der Waals surface area contributed by atoms with Crippen LogP contribution in [0.15, 0.2) is 54.7 Å². The van der Waals surface area contributed by atoms with Crippen molar-refractivity contribution in [3.8, 4) is 5.75 Å². The number of rotatable bonds is 9. The quantitative estimate of drug-likeness (QED) is 0.389. The van der Waals surface area contributed by atoms with Crippen LogP contribution in [0.2, 0.25) is 0 Å². The van der Waals surface area contributed by atoms with Gasteiger partial charge in [-0.1, -0.05) is 12.1 Å². The van der Waals surface area contributed by atoms with Crippen molar-refractivity contribution in [2.45, 2.75) is 19.1 Å². The van der Waals surface area contributed by atoms with E-state index in [4.69, 9.17) is 4.74 Å². The molecule has 0 aliphatic heterocycles. The van der Waals surface area contributed by atoms with Crippen molar-refractivity contribution in [3.63, 3.8) is 0 Å². The fraction of sp³-hybridized carbons (Fsp3) is 0.286. The summed E-state index contributed by atoms with van der Waals surface area (Å²) in [6, 6.07) is 14.6. The van der Waals surface area contributed by atoms with Crippen molar-refractivity contribution in [1.82, 2.24) is 10.3 Å². The van der Waals surface area contributed by atoms with Crippen molar-refractivity contribution in [2.75, 3.05) is 25.0 Å². The molecule has 2 unspecified atom stereocenters. The second-order valence-corrected chi connectivity index (χ2v) is 6.63. The molecule has 0 spiro atoms. The summed E-state index contributed by atoms with van der Waals surface area (Å²) in [5.41, 5.74) is 2.51. The number of aromatic amines is 1. The topological polar surface area (TPSA) is 107 Å². The fourth-order valence-corrected chi connectivity index (χ4v) is 2.99. The number of fused-ring (bicyclic) bond motifs is 1. The lowest BCUT2D eigenvalue weighted by Gasteiger charge is -2.16. The van der Waals surface area contributed by atoms with Gasteiger partial charge in [0.25, 0.3) is 0 Å². The molecule has 0 radical (unpaired) electrons. The standard InChI is InChI=1S/C21H25N3O4/c1-14(25)24-15-5-7-17(8-6-15)28-13-16(26)11-22-12-21(27)19-3-2-4-20-18(19)9-10-23-20/h2-10,16,21-23,26-27H,11-13H2,1H3,(H,24,25). The van der Waals surface area contributed by atoms with Gasteiger partial charge in [0, 0.05) is 42.8 Å². The van der Waals surface area contributed by atoms with E-state index in [1.54, 1.807) is 24.3 Å².